The van der Waals surface area contributed by atoms with E-state index in [1.54, 1.807) is 11.0 Å². The van der Waals surface area contributed by atoms with Gasteiger partial charge in [-0.25, -0.2) is 4.79 Å². The summed E-state index contributed by atoms with van der Waals surface area (Å²) in [5, 5.41) is 12.3. The summed E-state index contributed by atoms with van der Waals surface area (Å²) < 4.78 is 11.7. The molecule has 11 nitrogen and oxygen atoms in total. The van der Waals surface area contributed by atoms with Crippen molar-refractivity contribution < 1.29 is 19.5 Å². The Hall–Kier alpha value is -2.82. The molecule has 0 unspecified atom stereocenters. The van der Waals surface area contributed by atoms with Crippen LogP contribution >= 0.6 is 0 Å². The third kappa shape index (κ3) is 5.99. The van der Waals surface area contributed by atoms with E-state index in [9.17, 15) is 10.0 Å². The molecule has 3 N–H and O–H groups in total. The maximum Gasteiger partial charge on any atom is 0.410 e. The van der Waals surface area contributed by atoms with Gasteiger partial charge >= 0.3 is 12.1 Å². The van der Waals surface area contributed by atoms with Crippen molar-refractivity contribution in [3.05, 3.63) is 11.8 Å². The fourth-order valence-corrected chi connectivity index (χ4v) is 4.77. The normalized spacial score (nSPS) is 25.4. The van der Waals surface area contributed by atoms with Gasteiger partial charge in [-0.05, 0) is 68.0 Å². The molecule has 1 amide bonds. The first-order chi connectivity index (χ1) is 15.9. The predicted molar refractivity (Wildman–Crippen MR) is 129 cm³/mol. The lowest BCUT2D eigenvalue weighted by Gasteiger charge is -2.44. The number of amides is 1. The highest BCUT2D eigenvalue weighted by molar-refractivity contribution is 5.95. The summed E-state index contributed by atoms with van der Waals surface area (Å²) in [6.45, 7) is 13.7. The molecule has 0 saturated carbocycles. The van der Waals surface area contributed by atoms with Gasteiger partial charge in [0.15, 0.2) is 5.84 Å². The molecule has 4 atom stereocenters. The molecule has 1 aromatic rings. The summed E-state index contributed by atoms with van der Waals surface area (Å²) >= 11 is 0. The zero-order valence-electron chi connectivity index (χ0n) is 21.4. The first-order valence-electron chi connectivity index (χ1n) is 11.9. The molecule has 0 bridgehead atoms. The molecule has 2 aliphatic heterocycles. The molecule has 11 heteroatoms. The van der Waals surface area contributed by atoms with Gasteiger partial charge in [-0.1, -0.05) is 5.16 Å². The number of carbonyl (C=O) groups is 1. The van der Waals surface area contributed by atoms with Crippen LogP contribution in [0.3, 0.4) is 0 Å². The van der Waals surface area contributed by atoms with Crippen LogP contribution in [0.2, 0.25) is 0 Å². The Bertz CT molecular complexity index is 892. The van der Waals surface area contributed by atoms with Gasteiger partial charge in [-0.3, -0.25) is 9.80 Å². The fraction of sp³-hybridized carbons (Fsp3) is 0.739. The number of rotatable bonds is 5. The van der Waals surface area contributed by atoms with Gasteiger partial charge in [0.2, 0.25) is 0 Å². The lowest BCUT2D eigenvalue weighted by molar-refractivity contribution is 0.00557. The lowest BCUT2D eigenvalue weighted by atomic mass is 10.1. The molecular formula is C23H39N7O4. The van der Waals surface area contributed by atoms with Crippen LogP contribution in [-0.4, -0.2) is 93.4 Å². The minimum absolute atomic E-state index is 0.115. The second kappa shape index (κ2) is 10.2. The van der Waals surface area contributed by atoms with Gasteiger partial charge in [-0.2, -0.15) is 9.97 Å². The quantitative estimate of drug-likeness (QED) is 0.284. The van der Waals surface area contributed by atoms with Crippen LogP contribution in [0.1, 0.15) is 60.1 Å². The molecule has 0 spiro atoms. The number of ether oxygens (including phenoxy) is 2. The van der Waals surface area contributed by atoms with Crippen molar-refractivity contribution in [2.24, 2.45) is 10.9 Å². The number of anilines is 1. The third-order valence-electron chi connectivity index (χ3n) is 6.32. The molecule has 3 rings (SSSR count). The minimum Gasteiger partial charge on any atom is -0.459 e. The largest absolute Gasteiger partial charge is 0.459 e. The third-order valence-corrected chi connectivity index (χ3v) is 6.32. The summed E-state index contributed by atoms with van der Waals surface area (Å²) in [5.74, 6) is 0.480. The molecule has 34 heavy (non-hydrogen) atoms. The van der Waals surface area contributed by atoms with Gasteiger partial charge < -0.3 is 25.3 Å². The second-order valence-electron chi connectivity index (χ2n) is 10.4. The maximum atomic E-state index is 12.8. The zero-order chi connectivity index (χ0) is 25.2. The molecule has 0 aliphatic carbocycles. The number of nitrogens with zero attached hydrogens (tertiary/aromatic N) is 6. The highest BCUT2D eigenvalue weighted by Crippen LogP contribution is 2.26. The van der Waals surface area contributed by atoms with E-state index in [2.05, 4.69) is 32.0 Å². The Balaban J connectivity index is 1.83. The Morgan fingerprint density at radius 2 is 1.91 bits per heavy atom. The van der Waals surface area contributed by atoms with E-state index < -0.39 is 5.60 Å². The molecule has 2 saturated heterocycles. The van der Waals surface area contributed by atoms with Crippen molar-refractivity contribution in [3.8, 4) is 6.01 Å². The van der Waals surface area contributed by atoms with Crippen LogP contribution < -0.4 is 15.4 Å². The molecule has 2 aliphatic rings. The summed E-state index contributed by atoms with van der Waals surface area (Å²) in [5.41, 5.74) is 5.59. The molecule has 0 aromatic carbocycles. The topological polar surface area (TPSA) is 130 Å². The number of piperazine rings is 1. The SMILES string of the molecule is C[C@H](Oc1nc(/C(N)=N/O)cc(N2C[C@@H](C)N(C(=O)OC(C)(C)C)[C@H](C)C2)n1)[C@@H]1CCCN1C. The van der Waals surface area contributed by atoms with E-state index in [1.165, 1.54) is 0 Å². The summed E-state index contributed by atoms with van der Waals surface area (Å²) in [6, 6.07) is 1.91. The molecule has 190 valence electrons. The van der Waals surface area contributed by atoms with Gasteiger partial charge in [0.05, 0.1) is 12.1 Å². The van der Waals surface area contributed by atoms with Gasteiger partial charge in [0.1, 0.15) is 23.2 Å². The molecule has 1 aromatic heterocycles. The van der Waals surface area contributed by atoms with Gasteiger partial charge in [0.25, 0.3) is 0 Å². The van der Waals surface area contributed by atoms with E-state index >= 15 is 0 Å². The number of amidine groups is 1. The number of carbonyl (C=O) groups excluding carboxylic acids is 1. The van der Waals surface area contributed by atoms with E-state index in [4.69, 9.17) is 15.2 Å². The van der Waals surface area contributed by atoms with Crippen LogP contribution in [0.15, 0.2) is 11.2 Å². The van der Waals surface area contributed by atoms with E-state index in [0.717, 1.165) is 19.4 Å². The van der Waals surface area contributed by atoms with Crippen LogP contribution in [0.25, 0.3) is 0 Å². The van der Waals surface area contributed by atoms with Gasteiger partial charge in [-0.15, -0.1) is 0 Å². The monoisotopic (exact) mass is 477 g/mol. The lowest BCUT2D eigenvalue weighted by Crippen LogP contribution is -2.59. The summed E-state index contributed by atoms with van der Waals surface area (Å²) in [6.07, 6.45) is 1.73. The van der Waals surface area contributed by atoms with Crippen molar-refractivity contribution in [1.29, 1.82) is 0 Å². The molecule has 2 fully saturated rings. The smallest absolute Gasteiger partial charge is 0.410 e. The van der Waals surface area contributed by atoms with Crippen molar-refractivity contribution in [3.63, 3.8) is 0 Å². The van der Waals surface area contributed by atoms with Crippen molar-refractivity contribution in [1.82, 2.24) is 19.8 Å². The second-order valence-corrected chi connectivity index (χ2v) is 10.4. The summed E-state index contributed by atoms with van der Waals surface area (Å²) in [7, 11) is 2.09. The number of hydrogen-bond acceptors (Lipinski definition) is 9. The van der Waals surface area contributed by atoms with Crippen molar-refractivity contribution in [2.75, 3.05) is 31.6 Å². The van der Waals surface area contributed by atoms with Crippen molar-refractivity contribution >= 4 is 17.7 Å². The molecule has 3 heterocycles. The molecular weight excluding hydrogens is 438 g/mol. The standard InChI is InChI=1S/C23H39N7O4/c1-14-12-29(13-15(2)30(14)22(31)34-23(4,5)6)19-11-17(20(24)27-32)25-21(26-19)33-16(3)18-9-8-10-28(18)7/h11,14-16,18,32H,8-10,12-13H2,1-7H3,(H2,24,27)/t14-,15-,16+,18+/m1/s1. The first kappa shape index (κ1) is 25.8. The van der Waals surface area contributed by atoms with Crippen LogP contribution in [0, 0.1) is 0 Å². The zero-order valence-corrected chi connectivity index (χ0v) is 21.4. The van der Waals surface area contributed by atoms with E-state index in [0.29, 0.717) is 18.9 Å². The fourth-order valence-electron chi connectivity index (χ4n) is 4.77. The van der Waals surface area contributed by atoms with E-state index in [1.807, 2.05) is 41.5 Å². The number of aromatic nitrogens is 2. The van der Waals surface area contributed by atoms with Crippen LogP contribution in [0.5, 0.6) is 6.01 Å². The van der Waals surface area contributed by atoms with Crippen molar-refractivity contribution in [2.45, 2.75) is 84.2 Å². The van der Waals surface area contributed by atoms with Crippen LogP contribution in [-0.2, 0) is 4.74 Å². The molecule has 0 radical (unpaired) electrons. The summed E-state index contributed by atoms with van der Waals surface area (Å²) in [4.78, 5) is 27.9. The average Bonchev–Trinajstić information content (AvgIpc) is 3.17. The highest BCUT2D eigenvalue weighted by Gasteiger charge is 2.36. The highest BCUT2D eigenvalue weighted by atomic mass is 16.6. The average molecular weight is 478 g/mol. The number of likely N-dealkylation sites (N-methyl/N-ethyl adjacent to an activating group) is 1. The minimum atomic E-state index is -0.563. The van der Waals surface area contributed by atoms with Gasteiger partial charge in [0, 0.05) is 25.2 Å². The number of hydrogen-bond donors (Lipinski definition) is 2. The van der Waals surface area contributed by atoms with E-state index in [-0.39, 0.29) is 47.9 Å². The Morgan fingerprint density at radius 1 is 1.26 bits per heavy atom. The first-order valence-corrected chi connectivity index (χ1v) is 11.9. The number of nitrogens with two attached hydrogens (primary N) is 1. The Kier molecular flexibility index (Phi) is 7.74. The van der Waals surface area contributed by atoms with Crippen LogP contribution in [0.4, 0.5) is 10.6 Å². The maximum absolute atomic E-state index is 12.8. The Morgan fingerprint density at radius 3 is 2.44 bits per heavy atom. The number of oxime groups is 1. The predicted octanol–water partition coefficient (Wildman–Crippen LogP) is 2.27. The number of likely N-dealkylation sites (tertiary alicyclic amines) is 1. The Labute approximate surface area is 201 Å².